The van der Waals surface area contributed by atoms with Gasteiger partial charge in [0.1, 0.15) is 12.0 Å². The minimum atomic E-state index is 0.306. The molecule has 1 aromatic heterocycles. The third kappa shape index (κ3) is 2.28. The normalized spacial score (nSPS) is 10.5. The van der Waals surface area contributed by atoms with Crippen LogP contribution in [-0.4, -0.2) is 11.3 Å². The Hall–Kier alpha value is -1.90. The average molecular weight is 229 g/mol. The zero-order valence-electron chi connectivity index (χ0n) is 10.3. The quantitative estimate of drug-likeness (QED) is 0.760. The monoisotopic (exact) mass is 229 g/mol. The van der Waals surface area contributed by atoms with Crippen LogP contribution in [0.3, 0.4) is 0 Å². The number of carbonyl (C=O) groups is 1. The molecule has 3 heteroatoms. The molecule has 0 N–H and O–H groups in total. The van der Waals surface area contributed by atoms with E-state index in [0.29, 0.717) is 23.8 Å². The van der Waals surface area contributed by atoms with Crippen molar-refractivity contribution in [1.29, 1.82) is 0 Å². The maximum atomic E-state index is 10.5. The molecule has 0 aliphatic carbocycles. The van der Waals surface area contributed by atoms with Crippen molar-refractivity contribution < 1.29 is 9.21 Å². The van der Waals surface area contributed by atoms with Crippen molar-refractivity contribution in [3.05, 3.63) is 40.8 Å². The number of benzene rings is 1. The van der Waals surface area contributed by atoms with Gasteiger partial charge in [0.2, 0.25) is 5.89 Å². The van der Waals surface area contributed by atoms with E-state index in [4.69, 9.17) is 4.42 Å². The summed E-state index contributed by atoms with van der Waals surface area (Å²) < 4.78 is 5.58. The van der Waals surface area contributed by atoms with Crippen LogP contribution >= 0.6 is 0 Å². The zero-order valence-corrected chi connectivity index (χ0v) is 10.3. The summed E-state index contributed by atoms with van der Waals surface area (Å²) in [5.41, 5.74) is 4.11. The summed E-state index contributed by atoms with van der Waals surface area (Å²) in [6.45, 7) is 5.95. The first-order valence-electron chi connectivity index (χ1n) is 5.59. The number of aromatic nitrogens is 1. The molecule has 0 spiro atoms. The van der Waals surface area contributed by atoms with Crippen molar-refractivity contribution in [2.45, 2.75) is 27.2 Å². The molecule has 1 aromatic carbocycles. The molecule has 1 heterocycles. The van der Waals surface area contributed by atoms with Crippen LogP contribution in [0.15, 0.2) is 22.6 Å². The van der Waals surface area contributed by atoms with Crippen LogP contribution in [-0.2, 0) is 11.2 Å². The SMILES string of the molecule is Cc1ccc(-c2nc(CC=O)c(C)o2)cc1C. The highest BCUT2D eigenvalue weighted by atomic mass is 16.4. The van der Waals surface area contributed by atoms with Gasteiger partial charge < -0.3 is 9.21 Å². The molecule has 0 fully saturated rings. The summed E-state index contributed by atoms with van der Waals surface area (Å²) >= 11 is 0. The predicted octanol–water partition coefficient (Wildman–Crippen LogP) is 3.01. The predicted molar refractivity (Wildman–Crippen MR) is 65.9 cm³/mol. The molecule has 0 aliphatic heterocycles. The Balaban J connectivity index is 2.42. The van der Waals surface area contributed by atoms with E-state index in [-0.39, 0.29) is 0 Å². The molecule has 88 valence electrons. The fourth-order valence-electron chi connectivity index (χ4n) is 1.69. The minimum Gasteiger partial charge on any atom is -0.441 e. The van der Waals surface area contributed by atoms with E-state index in [9.17, 15) is 4.79 Å². The Morgan fingerprint density at radius 3 is 2.65 bits per heavy atom. The molecule has 0 amide bonds. The molecule has 2 aromatic rings. The number of hydrogen-bond donors (Lipinski definition) is 0. The van der Waals surface area contributed by atoms with Gasteiger partial charge in [-0.1, -0.05) is 6.07 Å². The lowest BCUT2D eigenvalue weighted by atomic mass is 10.1. The lowest BCUT2D eigenvalue weighted by Crippen LogP contribution is -1.88. The largest absolute Gasteiger partial charge is 0.441 e. The van der Waals surface area contributed by atoms with Crippen molar-refractivity contribution in [3.8, 4) is 11.5 Å². The number of oxazole rings is 1. The first-order chi connectivity index (χ1) is 8.11. The van der Waals surface area contributed by atoms with Gasteiger partial charge in [0.25, 0.3) is 0 Å². The fraction of sp³-hybridized carbons (Fsp3) is 0.286. The van der Waals surface area contributed by atoms with Crippen LogP contribution in [0.5, 0.6) is 0 Å². The number of aryl methyl sites for hydroxylation is 3. The maximum absolute atomic E-state index is 10.5. The topological polar surface area (TPSA) is 43.1 Å². The van der Waals surface area contributed by atoms with Gasteiger partial charge in [-0.25, -0.2) is 4.98 Å². The molecule has 0 radical (unpaired) electrons. The first-order valence-corrected chi connectivity index (χ1v) is 5.59. The molecular formula is C14H15NO2. The highest BCUT2D eigenvalue weighted by Crippen LogP contribution is 2.23. The Morgan fingerprint density at radius 1 is 1.24 bits per heavy atom. The second-order valence-electron chi connectivity index (χ2n) is 4.19. The zero-order chi connectivity index (χ0) is 12.4. The second-order valence-corrected chi connectivity index (χ2v) is 4.19. The molecule has 17 heavy (non-hydrogen) atoms. The smallest absolute Gasteiger partial charge is 0.226 e. The molecule has 0 saturated heterocycles. The van der Waals surface area contributed by atoms with Crippen molar-refractivity contribution in [2.75, 3.05) is 0 Å². The van der Waals surface area contributed by atoms with Crippen molar-refractivity contribution in [3.63, 3.8) is 0 Å². The summed E-state index contributed by atoms with van der Waals surface area (Å²) in [4.78, 5) is 14.8. The van der Waals surface area contributed by atoms with Gasteiger partial charge in [-0.3, -0.25) is 0 Å². The van der Waals surface area contributed by atoms with Crippen LogP contribution in [0.1, 0.15) is 22.6 Å². The second kappa shape index (κ2) is 4.53. The van der Waals surface area contributed by atoms with E-state index in [0.717, 1.165) is 11.8 Å². The summed E-state index contributed by atoms with van der Waals surface area (Å²) in [7, 11) is 0. The van der Waals surface area contributed by atoms with Crippen LogP contribution in [0.4, 0.5) is 0 Å². The standard InChI is InChI=1S/C14H15NO2/c1-9-4-5-12(8-10(9)2)14-15-13(6-7-16)11(3)17-14/h4-5,7-8H,6H2,1-3H3. The highest BCUT2D eigenvalue weighted by Gasteiger charge is 2.11. The van der Waals surface area contributed by atoms with E-state index in [1.807, 2.05) is 25.1 Å². The van der Waals surface area contributed by atoms with Gasteiger partial charge in [-0.2, -0.15) is 0 Å². The van der Waals surface area contributed by atoms with Crippen molar-refractivity contribution >= 4 is 6.29 Å². The molecular weight excluding hydrogens is 214 g/mol. The van der Waals surface area contributed by atoms with E-state index in [1.165, 1.54) is 11.1 Å². The minimum absolute atomic E-state index is 0.306. The lowest BCUT2D eigenvalue weighted by Gasteiger charge is -2.01. The summed E-state index contributed by atoms with van der Waals surface area (Å²) in [6.07, 6.45) is 1.15. The van der Waals surface area contributed by atoms with Crippen LogP contribution in [0, 0.1) is 20.8 Å². The van der Waals surface area contributed by atoms with Gasteiger partial charge >= 0.3 is 0 Å². The molecule has 0 unspecified atom stereocenters. The number of aldehydes is 1. The molecule has 3 nitrogen and oxygen atoms in total. The van der Waals surface area contributed by atoms with Gasteiger partial charge in [0.15, 0.2) is 0 Å². The Labute approximate surface area is 100 Å². The van der Waals surface area contributed by atoms with Crippen LogP contribution < -0.4 is 0 Å². The first kappa shape index (κ1) is 11.6. The van der Waals surface area contributed by atoms with E-state index in [2.05, 4.69) is 18.8 Å². The Bertz CT molecular complexity index is 555. The number of nitrogens with zero attached hydrogens (tertiary/aromatic N) is 1. The molecule has 0 saturated carbocycles. The van der Waals surface area contributed by atoms with Crippen molar-refractivity contribution in [2.24, 2.45) is 0 Å². The average Bonchev–Trinajstić information content (AvgIpc) is 2.65. The Morgan fingerprint density at radius 2 is 2.00 bits per heavy atom. The van der Waals surface area contributed by atoms with Gasteiger partial charge in [-0.15, -0.1) is 0 Å². The molecule has 0 atom stereocenters. The molecule has 2 rings (SSSR count). The fourth-order valence-corrected chi connectivity index (χ4v) is 1.69. The third-order valence-corrected chi connectivity index (χ3v) is 2.92. The van der Waals surface area contributed by atoms with Crippen molar-refractivity contribution in [1.82, 2.24) is 4.98 Å². The number of carbonyl (C=O) groups excluding carboxylic acids is 1. The summed E-state index contributed by atoms with van der Waals surface area (Å²) in [5.74, 6) is 1.30. The number of rotatable bonds is 3. The summed E-state index contributed by atoms with van der Waals surface area (Å²) in [5, 5.41) is 0. The van der Waals surface area contributed by atoms with Crippen LogP contribution in [0.2, 0.25) is 0 Å². The Kier molecular flexibility index (Phi) is 3.09. The van der Waals surface area contributed by atoms with E-state index < -0.39 is 0 Å². The lowest BCUT2D eigenvalue weighted by molar-refractivity contribution is -0.107. The van der Waals surface area contributed by atoms with Gasteiger partial charge in [0.05, 0.1) is 5.69 Å². The maximum Gasteiger partial charge on any atom is 0.226 e. The van der Waals surface area contributed by atoms with Gasteiger partial charge in [0, 0.05) is 12.0 Å². The highest BCUT2D eigenvalue weighted by molar-refractivity contribution is 5.58. The molecule has 0 bridgehead atoms. The van der Waals surface area contributed by atoms with Crippen LogP contribution in [0.25, 0.3) is 11.5 Å². The van der Waals surface area contributed by atoms with Gasteiger partial charge in [-0.05, 0) is 44.0 Å². The molecule has 0 aliphatic rings. The summed E-state index contributed by atoms with van der Waals surface area (Å²) in [6, 6.07) is 6.08. The third-order valence-electron chi connectivity index (χ3n) is 2.92. The van der Waals surface area contributed by atoms with E-state index >= 15 is 0 Å². The van der Waals surface area contributed by atoms with E-state index in [1.54, 1.807) is 0 Å². The number of hydrogen-bond acceptors (Lipinski definition) is 3.